The summed E-state index contributed by atoms with van der Waals surface area (Å²) in [6, 6.07) is 4.68. The predicted octanol–water partition coefficient (Wildman–Crippen LogP) is 1.10. The number of benzene rings is 1. The van der Waals surface area contributed by atoms with Crippen molar-refractivity contribution in [1.29, 1.82) is 0 Å². The second-order valence-electron chi connectivity index (χ2n) is 4.35. The molecule has 1 aliphatic heterocycles. The second-order valence-corrected chi connectivity index (χ2v) is 6.31. The Hall–Kier alpha value is -2.22. The monoisotopic (exact) mass is 296 g/mol. The molecule has 2 aromatic rings. The molecule has 0 saturated heterocycles. The molecule has 1 aliphatic rings. The lowest BCUT2D eigenvalue weighted by Gasteiger charge is -2.21. The fourth-order valence-electron chi connectivity index (χ4n) is 2.07. The molecule has 7 nitrogen and oxygen atoms in total. The molecule has 8 heteroatoms. The summed E-state index contributed by atoms with van der Waals surface area (Å²) >= 11 is 0. The lowest BCUT2D eigenvalue weighted by molar-refractivity contribution is 0.167. The predicted molar refractivity (Wildman–Crippen MR) is 70.5 cm³/mol. The first kappa shape index (κ1) is 12.8. The van der Waals surface area contributed by atoms with E-state index in [4.69, 9.17) is 19.7 Å². The molecule has 0 unspecified atom stereocenters. The first-order chi connectivity index (χ1) is 9.47. The lowest BCUT2D eigenvalue weighted by atomic mass is 10.1. The van der Waals surface area contributed by atoms with Gasteiger partial charge in [0.15, 0.2) is 32.9 Å². The average Bonchev–Trinajstić information content (AvgIpc) is 2.83. The van der Waals surface area contributed by atoms with Gasteiger partial charge in [0, 0.05) is 17.9 Å². The number of aromatic nitrogens is 1. The summed E-state index contributed by atoms with van der Waals surface area (Å²) in [6.07, 6.45) is 1.10. The number of sulfone groups is 1. The molecule has 2 heterocycles. The molecular weight excluding hydrogens is 284 g/mol. The first-order valence-electron chi connectivity index (χ1n) is 5.82. The maximum Gasteiger partial charge on any atom is 0.180 e. The summed E-state index contributed by atoms with van der Waals surface area (Å²) in [6.45, 7) is 0.669. The van der Waals surface area contributed by atoms with Crippen LogP contribution in [0.5, 0.6) is 11.5 Å². The summed E-state index contributed by atoms with van der Waals surface area (Å²) in [5.41, 5.74) is 5.85. The molecule has 0 fully saturated rings. The van der Waals surface area contributed by atoms with Gasteiger partial charge in [-0.05, 0) is 12.1 Å². The van der Waals surface area contributed by atoms with E-state index in [0.29, 0.717) is 17.9 Å². The molecule has 0 saturated carbocycles. The van der Waals surface area contributed by atoms with Crippen LogP contribution in [0.2, 0.25) is 0 Å². The van der Waals surface area contributed by atoms with Crippen molar-refractivity contribution < 1.29 is 22.4 Å². The minimum absolute atomic E-state index is 0.0193. The minimum atomic E-state index is -3.55. The van der Waals surface area contributed by atoms with E-state index in [1.54, 1.807) is 12.1 Å². The number of anilines is 1. The van der Waals surface area contributed by atoms with E-state index in [-0.39, 0.29) is 28.8 Å². The van der Waals surface area contributed by atoms with Crippen molar-refractivity contribution in [3.05, 3.63) is 18.2 Å². The van der Waals surface area contributed by atoms with Crippen LogP contribution in [-0.4, -0.2) is 33.0 Å². The highest BCUT2D eigenvalue weighted by atomic mass is 32.2. The third-order valence-electron chi connectivity index (χ3n) is 2.83. The summed E-state index contributed by atoms with van der Waals surface area (Å²) in [4.78, 5) is 0.0193. The van der Waals surface area contributed by atoms with Gasteiger partial charge in [-0.2, -0.15) is 0 Å². The van der Waals surface area contributed by atoms with Gasteiger partial charge in [0.2, 0.25) is 0 Å². The first-order valence-corrected chi connectivity index (χ1v) is 7.71. The van der Waals surface area contributed by atoms with Crippen molar-refractivity contribution in [3.63, 3.8) is 0 Å². The number of nitrogen functional groups attached to an aromatic ring is 1. The fraction of sp³-hybridized carbons (Fsp3) is 0.250. The minimum Gasteiger partial charge on any atom is -0.486 e. The van der Waals surface area contributed by atoms with Crippen LogP contribution in [-0.2, 0) is 9.84 Å². The zero-order valence-electron chi connectivity index (χ0n) is 10.6. The van der Waals surface area contributed by atoms with E-state index in [2.05, 4.69) is 5.16 Å². The van der Waals surface area contributed by atoms with Crippen LogP contribution >= 0.6 is 0 Å². The molecule has 20 heavy (non-hydrogen) atoms. The van der Waals surface area contributed by atoms with Crippen LogP contribution in [0.15, 0.2) is 27.6 Å². The maximum atomic E-state index is 12.1. The van der Waals surface area contributed by atoms with Crippen molar-refractivity contribution in [3.8, 4) is 22.8 Å². The molecular formula is C12H12N2O5S. The highest BCUT2D eigenvalue weighted by molar-refractivity contribution is 7.91. The number of rotatable bonds is 2. The van der Waals surface area contributed by atoms with Gasteiger partial charge in [-0.3, -0.25) is 0 Å². The largest absolute Gasteiger partial charge is 0.486 e. The van der Waals surface area contributed by atoms with E-state index in [0.717, 1.165) is 6.26 Å². The van der Waals surface area contributed by atoms with Crippen molar-refractivity contribution in [2.45, 2.75) is 4.90 Å². The molecule has 0 radical (unpaired) electrons. The van der Waals surface area contributed by atoms with Gasteiger partial charge < -0.3 is 19.7 Å². The van der Waals surface area contributed by atoms with Gasteiger partial charge in [0.05, 0.1) is 0 Å². The van der Waals surface area contributed by atoms with E-state index >= 15 is 0 Å². The number of ether oxygens (including phenoxy) is 2. The Balaban J connectivity index is 2.30. The maximum absolute atomic E-state index is 12.1. The van der Waals surface area contributed by atoms with Crippen LogP contribution < -0.4 is 15.2 Å². The van der Waals surface area contributed by atoms with Crippen molar-refractivity contribution in [1.82, 2.24) is 5.16 Å². The second kappa shape index (κ2) is 4.41. The highest BCUT2D eigenvalue weighted by Crippen LogP contribution is 2.42. The Kier molecular flexibility index (Phi) is 2.82. The molecule has 0 atom stereocenters. The standard InChI is InChI=1S/C12H12N2O5S/c1-20(15,16)12-7(9-6-10(13)14-19-9)2-3-8-11(12)18-5-4-17-8/h2-3,6H,4-5H2,1H3,(H2,13,14). The van der Waals surface area contributed by atoms with E-state index < -0.39 is 9.84 Å². The molecule has 0 bridgehead atoms. The summed E-state index contributed by atoms with van der Waals surface area (Å²) in [5, 5.41) is 3.56. The van der Waals surface area contributed by atoms with Crippen LogP contribution in [0.4, 0.5) is 5.82 Å². The Bertz CT molecular complexity index is 766. The Morgan fingerprint density at radius 1 is 1.25 bits per heavy atom. The van der Waals surface area contributed by atoms with E-state index in [1.807, 2.05) is 0 Å². The van der Waals surface area contributed by atoms with Crippen LogP contribution in [0.1, 0.15) is 0 Å². The number of fused-ring (bicyclic) bond motifs is 1. The van der Waals surface area contributed by atoms with Gasteiger partial charge in [-0.1, -0.05) is 5.16 Å². The highest BCUT2D eigenvalue weighted by Gasteiger charge is 2.28. The molecule has 3 rings (SSSR count). The number of hydrogen-bond acceptors (Lipinski definition) is 7. The molecule has 0 aliphatic carbocycles. The summed E-state index contributed by atoms with van der Waals surface area (Å²) in [7, 11) is -3.55. The SMILES string of the molecule is CS(=O)(=O)c1c(-c2cc(N)no2)ccc2c1OCCO2. The van der Waals surface area contributed by atoms with Crippen LogP contribution in [0, 0.1) is 0 Å². The number of nitrogens with two attached hydrogens (primary N) is 1. The Labute approximate surface area is 115 Å². The lowest BCUT2D eigenvalue weighted by Crippen LogP contribution is -2.18. The third-order valence-corrected chi connectivity index (χ3v) is 3.97. The Morgan fingerprint density at radius 3 is 2.65 bits per heavy atom. The van der Waals surface area contributed by atoms with Gasteiger partial charge in [-0.15, -0.1) is 0 Å². The molecule has 0 amide bonds. The zero-order chi connectivity index (χ0) is 14.3. The third kappa shape index (κ3) is 2.07. The molecule has 1 aromatic carbocycles. The normalized spacial score (nSPS) is 14.2. The number of hydrogen-bond donors (Lipinski definition) is 1. The van der Waals surface area contributed by atoms with Crippen LogP contribution in [0.25, 0.3) is 11.3 Å². The van der Waals surface area contributed by atoms with Gasteiger partial charge in [0.1, 0.15) is 18.1 Å². The molecule has 2 N–H and O–H groups in total. The fourth-order valence-corrected chi connectivity index (χ4v) is 3.13. The van der Waals surface area contributed by atoms with E-state index in [9.17, 15) is 8.42 Å². The van der Waals surface area contributed by atoms with Crippen molar-refractivity contribution >= 4 is 15.7 Å². The summed E-state index contributed by atoms with van der Waals surface area (Å²) < 4.78 is 40.0. The zero-order valence-corrected chi connectivity index (χ0v) is 11.4. The van der Waals surface area contributed by atoms with Gasteiger partial charge >= 0.3 is 0 Å². The Morgan fingerprint density at radius 2 is 2.00 bits per heavy atom. The molecule has 0 spiro atoms. The van der Waals surface area contributed by atoms with Crippen molar-refractivity contribution in [2.75, 3.05) is 25.2 Å². The smallest absolute Gasteiger partial charge is 0.180 e. The van der Waals surface area contributed by atoms with Gasteiger partial charge in [0.25, 0.3) is 0 Å². The molecule has 1 aromatic heterocycles. The van der Waals surface area contributed by atoms with E-state index in [1.165, 1.54) is 6.07 Å². The topological polar surface area (TPSA) is 105 Å². The van der Waals surface area contributed by atoms with Crippen molar-refractivity contribution in [2.24, 2.45) is 0 Å². The van der Waals surface area contributed by atoms with Crippen LogP contribution in [0.3, 0.4) is 0 Å². The quantitative estimate of drug-likeness (QED) is 0.884. The molecule has 106 valence electrons. The number of nitrogens with zero attached hydrogens (tertiary/aromatic N) is 1. The summed E-state index contributed by atoms with van der Waals surface area (Å²) in [5.74, 6) is 1.04. The average molecular weight is 296 g/mol. The van der Waals surface area contributed by atoms with Gasteiger partial charge in [-0.25, -0.2) is 8.42 Å².